The number of hydrogen-bond donors (Lipinski definition) is 0. The molecule has 2 saturated heterocycles. The zero-order valence-electron chi connectivity index (χ0n) is 17.2. The van der Waals surface area contributed by atoms with Crippen molar-refractivity contribution in [2.75, 3.05) is 38.2 Å². The van der Waals surface area contributed by atoms with Gasteiger partial charge in [0, 0.05) is 38.8 Å². The second kappa shape index (κ2) is 7.69. The number of rotatable bonds is 3. The number of ether oxygens (including phenoxy) is 1. The summed E-state index contributed by atoms with van der Waals surface area (Å²) in [5, 5.41) is 0. The molecule has 29 heavy (non-hydrogen) atoms. The molecule has 0 aromatic heterocycles. The summed E-state index contributed by atoms with van der Waals surface area (Å²) in [6.45, 7) is 3.71. The van der Waals surface area contributed by atoms with Gasteiger partial charge in [0.1, 0.15) is 11.8 Å². The standard InChI is InChI=1S/C22H29N3O4/c1-16(26)23-12-14-24(15-13-23)20(27)19-22(10-4-3-5-11-22)21(28)25(19)17-6-8-18(29-2)9-7-17/h6-9,19H,3-5,10-15H2,1-2H3. The maximum absolute atomic E-state index is 13.6. The second-order valence-corrected chi connectivity index (χ2v) is 8.32. The summed E-state index contributed by atoms with van der Waals surface area (Å²) >= 11 is 0. The first kappa shape index (κ1) is 19.7. The second-order valence-electron chi connectivity index (χ2n) is 8.32. The van der Waals surface area contributed by atoms with Crippen LogP contribution in [0.15, 0.2) is 24.3 Å². The van der Waals surface area contributed by atoms with Crippen molar-refractivity contribution >= 4 is 23.4 Å². The van der Waals surface area contributed by atoms with E-state index in [1.807, 2.05) is 29.2 Å². The molecule has 1 aliphatic carbocycles. The maximum Gasteiger partial charge on any atom is 0.247 e. The van der Waals surface area contributed by atoms with Crippen LogP contribution in [0, 0.1) is 5.41 Å². The molecule has 4 rings (SSSR count). The molecule has 0 radical (unpaired) electrons. The number of anilines is 1. The molecule has 1 saturated carbocycles. The number of β-lactam (4-membered cyclic amide) rings is 1. The van der Waals surface area contributed by atoms with Crippen molar-refractivity contribution in [1.29, 1.82) is 0 Å². The molecule has 0 N–H and O–H groups in total. The first-order chi connectivity index (χ1) is 14.0. The maximum atomic E-state index is 13.6. The van der Waals surface area contributed by atoms with Crippen LogP contribution in [0.4, 0.5) is 5.69 Å². The summed E-state index contributed by atoms with van der Waals surface area (Å²) in [5.74, 6) is 0.852. The van der Waals surface area contributed by atoms with Crippen LogP contribution in [0.1, 0.15) is 39.0 Å². The van der Waals surface area contributed by atoms with Gasteiger partial charge < -0.3 is 14.5 Å². The lowest BCUT2D eigenvalue weighted by atomic mass is 9.61. The molecule has 1 aromatic rings. The molecule has 1 aromatic carbocycles. The van der Waals surface area contributed by atoms with Crippen molar-refractivity contribution in [3.05, 3.63) is 24.3 Å². The van der Waals surface area contributed by atoms with Crippen molar-refractivity contribution in [1.82, 2.24) is 9.80 Å². The lowest BCUT2D eigenvalue weighted by Crippen LogP contribution is -2.75. The van der Waals surface area contributed by atoms with Crippen molar-refractivity contribution < 1.29 is 19.1 Å². The Hall–Kier alpha value is -2.57. The van der Waals surface area contributed by atoms with Gasteiger partial charge in [-0.1, -0.05) is 19.3 Å². The number of carbonyl (C=O) groups is 3. The molecule has 1 unspecified atom stereocenters. The Balaban J connectivity index is 1.59. The molecule has 7 nitrogen and oxygen atoms in total. The highest BCUT2D eigenvalue weighted by Crippen LogP contribution is 2.52. The molecular formula is C22H29N3O4. The van der Waals surface area contributed by atoms with Gasteiger partial charge in [0.15, 0.2) is 0 Å². The predicted octanol–water partition coefficient (Wildman–Crippen LogP) is 2.05. The fraction of sp³-hybridized carbons (Fsp3) is 0.591. The van der Waals surface area contributed by atoms with Crippen LogP contribution < -0.4 is 9.64 Å². The molecule has 2 heterocycles. The topological polar surface area (TPSA) is 70.2 Å². The molecular weight excluding hydrogens is 370 g/mol. The predicted molar refractivity (Wildman–Crippen MR) is 109 cm³/mol. The third kappa shape index (κ3) is 3.26. The summed E-state index contributed by atoms with van der Waals surface area (Å²) in [7, 11) is 1.60. The minimum Gasteiger partial charge on any atom is -0.497 e. The van der Waals surface area contributed by atoms with Crippen molar-refractivity contribution in [3.63, 3.8) is 0 Å². The Morgan fingerprint density at radius 1 is 0.966 bits per heavy atom. The van der Waals surface area contributed by atoms with Gasteiger partial charge in [0.2, 0.25) is 17.7 Å². The molecule has 0 bridgehead atoms. The lowest BCUT2D eigenvalue weighted by Gasteiger charge is -2.57. The van der Waals surface area contributed by atoms with Crippen LogP contribution in [0.5, 0.6) is 5.75 Å². The van der Waals surface area contributed by atoms with Crippen molar-refractivity contribution in [2.24, 2.45) is 5.41 Å². The van der Waals surface area contributed by atoms with Gasteiger partial charge in [0.25, 0.3) is 0 Å². The van der Waals surface area contributed by atoms with Crippen LogP contribution in [0.2, 0.25) is 0 Å². The number of methoxy groups -OCH3 is 1. The molecule has 7 heteroatoms. The molecule has 3 aliphatic rings. The summed E-state index contributed by atoms with van der Waals surface area (Å²) < 4.78 is 5.23. The SMILES string of the molecule is COc1ccc(N2C(=O)C3(CCCCC3)C2C(=O)N2CCN(C(C)=O)CC2)cc1. The summed E-state index contributed by atoms with van der Waals surface area (Å²) in [5.41, 5.74) is 0.181. The molecule has 2 aliphatic heterocycles. The largest absolute Gasteiger partial charge is 0.497 e. The smallest absolute Gasteiger partial charge is 0.247 e. The van der Waals surface area contributed by atoms with Gasteiger partial charge in [-0.15, -0.1) is 0 Å². The third-order valence-electron chi connectivity index (χ3n) is 6.79. The van der Waals surface area contributed by atoms with Crippen molar-refractivity contribution in [3.8, 4) is 5.75 Å². The van der Waals surface area contributed by atoms with Gasteiger partial charge in [-0.25, -0.2) is 0 Å². The molecule has 3 fully saturated rings. The van der Waals surface area contributed by atoms with Crippen LogP contribution >= 0.6 is 0 Å². The number of benzene rings is 1. The van der Waals surface area contributed by atoms with Gasteiger partial charge in [-0.05, 0) is 37.1 Å². The van der Waals surface area contributed by atoms with Gasteiger partial charge >= 0.3 is 0 Å². The Labute approximate surface area is 171 Å². The fourth-order valence-corrected chi connectivity index (χ4v) is 5.10. The minimum atomic E-state index is -0.563. The molecule has 1 atom stereocenters. The third-order valence-corrected chi connectivity index (χ3v) is 6.79. The van der Waals surface area contributed by atoms with Gasteiger partial charge in [-0.2, -0.15) is 0 Å². The average molecular weight is 399 g/mol. The Bertz CT molecular complexity index is 793. The van der Waals surface area contributed by atoms with E-state index in [-0.39, 0.29) is 17.7 Å². The fourth-order valence-electron chi connectivity index (χ4n) is 5.10. The van der Waals surface area contributed by atoms with E-state index >= 15 is 0 Å². The monoisotopic (exact) mass is 399 g/mol. The number of hydrogen-bond acceptors (Lipinski definition) is 4. The van der Waals surface area contributed by atoms with Gasteiger partial charge in [0.05, 0.1) is 12.5 Å². The van der Waals surface area contributed by atoms with E-state index in [0.717, 1.165) is 43.5 Å². The Kier molecular flexibility index (Phi) is 5.23. The number of nitrogens with zero attached hydrogens (tertiary/aromatic N) is 3. The van der Waals surface area contributed by atoms with Gasteiger partial charge in [-0.3, -0.25) is 19.3 Å². The minimum absolute atomic E-state index is 0.0190. The first-order valence-electron chi connectivity index (χ1n) is 10.5. The molecule has 1 spiro atoms. The quantitative estimate of drug-likeness (QED) is 0.730. The number of amides is 3. The van der Waals surface area contributed by atoms with Crippen molar-refractivity contribution in [2.45, 2.75) is 45.1 Å². The van der Waals surface area contributed by atoms with Crippen LogP contribution in [0.25, 0.3) is 0 Å². The molecule has 3 amide bonds. The highest BCUT2D eigenvalue weighted by Gasteiger charge is 2.64. The highest BCUT2D eigenvalue weighted by atomic mass is 16.5. The van der Waals surface area contributed by atoms with E-state index in [0.29, 0.717) is 26.2 Å². The van der Waals surface area contributed by atoms with E-state index in [2.05, 4.69) is 0 Å². The van der Waals surface area contributed by atoms with E-state index in [4.69, 9.17) is 4.74 Å². The number of piperazine rings is 1. The van der Waals surface area contributed by atoms with E-state index in [1.165, 1.54) is 0 Å². The van der Waals surface area contributed by atoms with Crippen LogP contribution in [-0.4, -0.2) is 66.9 Å². The highest BCUT2D eigenvalue weighted by molar-refractivity contribution is 6.14. The van der Waals surface area contributed by atoms with E-state index in [9.17, 15) is 14.4 Å². The Morgan fingerprint density at radius 3 is 2.10 bits per heavy atom. The zero-order valence-corrected chi connectivity index (χ0v) is 17.2. The van der Waals surface area contributed by atoms with Crippen LogP contribution in [-0.2, 0) is 14.4 Å². The molecule has 156 valence electrons. The Morgan fingerprint density at radius 2 is 1.55 bits per heavy atom. The summed E-state index contributed by atoms with van der Waals surface area (Å²) in [4.78, 5) is 43.8. The lowest BCUT2D eigenvalue weighted by molar-refractivity contribution is -0.156. The average Bonchev–Trinajstić information content (AvgIpc) is 2.77. The zero-order chi connectivity index (χ0) is 20.6. The number of carbonyl (C=O) groups excluding carboxylic acids is 3. The summed E-state index contributed by atoms with van der Waals surface area (Å²) in [6.07, 6.45) is 4.66. The summed E-state index contributed by atoms with van der Waals surface area (Å²) in [6, 6.07) is 6.89. The normalized spacial score (nSPS) is 23.7. The first-order valence-corrected chi connectivity index (χ1v) is 10.5. The van der Waals surface area contributed by atoms with Crippen LogP contribution in [0.3, 0.4) is 0 Å². The van der Waals surface area contributed by atoms with E-state index in [1.54, 1.807) is 23.8 Å². The van der Waals surface area contributed by atoms with E-state index < -0.39 is 11.5 Å².